The van der Waals surface area contributed by atoms with Crippen molar-refractivity contribution in [2.45, 2.75) is 19.9 Å². The van der Waals surface area contributed by atoms with E-state index in [1.54, 1.807) is 6.07 Å². The van der Waals surface area contributed by atoms with Gasteiger partial charge in [-0.05, 0) is 25.1 Å². The predicted molar refractivity (Wildman–Crippen MR) is 76.3 cm³/mol. The van der Waals surface area contributed by atoms with Gasteiger partial charge in [0.15, 0.2) is 0 Å². The summed E-state index contributed by atoms with van der Waals surface area (Å²) in [5.74, 6) is 0. The molecule has 1 aliphatic heterocycles. The molecule has 3 nitrogen and oxygen atoms in total. The maximum absolute atomic E-state index is 6.14. The minimum atomic E-state index is 0.513. The van der Waals surface area contributed by atoms with Crippen LogP contribution in [0.5, 0.6) is 0 Å². The quantitative estimate of drug-likeness (QED) is 0.794. The molecule has 0 unspecified atom stereocenters. The third-order valence-corrected chi connectivity index (χ3v) is 3.82. The molecule has 0 atom stereocenters. The van der Waals surface area contributed by atoms with Crippen molar-refractivity contribution in [2.75, 3.05) is 32.7 Å². The molecule has 0 aromatic carbocycles. The number of aromatic nitrogens is 1. The van der Waals surface area contributed by atoms with Crippen LogP contribution < -0.4 is 0 Å². The lowest BCUT2D eigenvalue weighted by Crippen LogP contribution is -2.46. The van der Waals surface area contributed by atoms with E-state index in [2.05, 4.69) is 21.7 Å². The molecule has 2 heterocycles. The van der Waals surface area contributed by atoms with Crippen LogP contribution in [0.3, 0.4) is 0 Å². The normalized spacial score (nSPS) is 18.2. The number of hydrogen-bond donors (Lipinski definition) is 0. The summed E-state index contributed by atoms with van der Waals surface area (Å²) in [6, 6.07) is 3.55. The molecule has 0 bridgehead atoms. The molecule has 1 fully saturated rings. The Balaban J connectivity index is 1.89. The first-order chi connectivity index (χ1) is 8.69. The third kappa shape index (κ3) is 3.82. The van der Waals surface area contributed by atoms with Gasteiger partial charge in [-0.15, -0.1) is 0 Å². The van der Waals surface area contributed by atoms with Crippen LogP contribution in [0.15, 0.2) is 12.1 Å². The minimum absolute atomic E-state index is 0.513. The standard InChI is InChI=1S/C13H19Cl2N3/c1-2-5-17-6-8-18(9-7-17)10-12-11(14)3-4-13(15)16-12/h3-4H,2,5-10H2,1H3. The fourth-order valence-corrected chi connectivity index (χ4v) is 2.60. The lowest BCUT2D eigenvalue weighted by Gasteiger charge is -2.34. The van der Waals surface area contributed by atoms with Gasteiger partial charge < -0.3 is 4.90 Å². The van der Waals surface area contributed by atoms with Crippen molar-refractivity contribution in [2.24, 2.45) is 0 Å². The van der Waals surface area contributed by atoms with Crippen LogP contribution in [0, 0.1) is 0 Å². The molecule has 1 saturated heterocycles. The zero-order valence-electron chi connectivity index (χ0n) is 10.7. The van der Waals surface area contributed by atoms with Gasteiger partial charge in [0, 0.05) is 32.7 Å². The summed E-state index contributed by atoms with van der Waals surface area (Å²) in [6.07, 6.45) is 1.22. The van der Waals surface area contributed by atoms with Crippen LogP contribution in [-0.4, -0.2) is 47.5 Å². The summed E-state index contributed by atoms with van der Waals surface area (Å²) in [4.78, 5) is 9.19. The monoisotopic (exact) mass is 287 g/mol. The topological polar surface area (TPSA) is 19.4 Å². The van der Waals surface area contributed by atoms with E-state index < -0.39 is 0 Å². The highest BCUT2D eigenvalue weighted by atomic mass is 35.5. The van der Waals surface area contributed by atoms with Crippen molar-refractivity contribution in [3.05, 3.63) is 28.0 Å². The van der Waals surface area contributed by atoms with Crippen molar-refractivity contribution < 1.29 is 0 Å². The van der Waals surface area contributed by atoms with E-state index >= 15 is 0 Å². The van der Waals surface area contributed by atoms with Crippen LogP contribution in [-0.2, 0) is 6.54 Å². The van der Waals surface area contributed by atoms with E-state index in [-0.39, 0.29) is 0 Å². The molecule has 0 amide bonds. The predicted octanol–water partition coefficient (Wildman–Crippen LogP) is 2.92. The maximum Gasteiger partial charge on any atom is 0.129 e. The van der Waals surface area contributed by atoms with Gasteiger partial charge >= 0.3 is 0 Å². The van der Waals surface area contributed by atoms with Gasteiger partial charge in [0.1, 0.15) is 5.15 Å². The van der Waals surface area contributed by atoms with Gasteiger partial charge in [-0.2, -0.15) is 0 Å². The molecule has 0 N–H and O–H groups in total. The van der Waals surface area contributed by atoms with Gasteiger partial charge in [-0.1, -0.05) is 30.1 Å². The van der Waals surface area contributed by atoms with E-state index in [0.29, 0.717) is 10.2 Å². The molecule has 0 aliphatic carbocycles. The molecular weight excluding hydrogens is 269 g/mol. The summed E-state index contributed by atoms with van der Waals surface area (Å²) in [6.45, 7) is 8.62. The maximum atomic E-state index is 6.14. The third-order valence-electron chi connectivity index (χ3n) is 3.26. The lowest BCUT2D eigenvalue weighted by molar-refractivity contribution is 0.126. The number of halogens is 2. The fraction of sp³-hybridized carbons (Fsp3) is 0.615. The Labute approximate surface area is 119 Å². The first kappa shape index (κ1) is 14.1. The number of piperazine rings is 1. The molecule has 100 valence electrons. The zero-order valence-corrected chi connectivity index (χ0v) is 12.2. The summed E-state index contributed by atoms with van der Waals surface area (Å²) < 4.78 is 0. The van der Waals surface area contributed by atoms with Crippen LogP contribution in [0.1, 0.15) is 19.0 Å². The molecule has 1 aliphatic rings. The molecule has 18 heavy (non-hydrogen) atoms. The number of pyridine rings is 1. The number of rotatable bonds is 4. The van der Waals surface area contributed by atoms with Crippen LogP contribution in [0.4, 0.5) is 0 Å². The molecule has 2 rings (SSSR count). The second-order valence-corrected chi connectivity index (χ2v) is 5.47. The highest BCUT2D eigenvalue weighted by Crippen LogP contribution is 2.19. The van der Waals surface area contributed by atoms with E-state index in [1.165, 1.54) is 13.0 Å². The molecule has 0 saturated carbocycles. The summed E-state index contributed by atoms with van der Waals surface area (Å²) in [5, 5.41) is 1.22. The molecule has 0 spiro atoms. The lowest BCUT2D eigenvalue weighted by atomic mass is 10.2. The smallest absolute Gasteiger partial charge is 0.129 e. The van der Waals surface area contributed by atoms with E-state index in [1.807, 2.05) is 6.07 Å². The second kappa shape index (κ2) is 6.71. The van der Waals surface area contributed by atoms with Crippen LogP contribution >= 0.6 is 23.2 Å². The number of nitrogens with zero attached hydrogens (tertiary/aromatic N) is 3. The summed E-state index contributed by atoms with van der Waals surface area (Å²) in [7, 11) is 0. The van der Waals surface area contributed by atoms with E-state index in [4.69, 9.17) is 23.2 Å². The van der Waals surface area contributed by atoms with Crippen molar-refractivity contribution in [1.82, 2.24) is 14.8 Å². The summed E-state index contributed by atoms with van der Waals surface area (Å²) in [5.41, 5.74) is 0.883. The highest BCUT2D eigenvalue weighted by molar-refractivity contribution is 6.32. The second-order valence-electron chi connectivity index (χ2n) is 4.68. The molecule has 5 heteroatoms. The van der Waals surface area contributed by atoms with Crippen molar-refractivity contribution in [3.63, 3.8) is 0 Å². The Morgan fingerprint density at radius 2 is 1.78 bits per heavy atom. The Kier molecular flexibility index (Phi) is 5.25. The van der Waals surface area contributed by atoms with E-state index in [0.717, 1.165) is 38.4 Å². The SMILES string of the molecule is CCCN1CCN(Cc2nc(Cl)ccc2Cl)CC1. The Hall–Kier alpha value is -0.350. The molecule has 1 aromatic rings. The largest absolute Gasteiger partial charge is 0.301 e. The first-order valence-electron chi connectivity index (χ1n) is 6.44. The Morgan fingerprint density at radius 1 is 1.11 bits per heavy atom. The van der Waals surface area contributed by atoms with Crippen LogP contribution in [0.25, 0.3) is 0 Å². The van der Waals surface area contributed by atoms with Crippen LogP contribution in [0.2, 0.25) is 10.2 Å². The number of hydrogen-bond acceptors (Lipinski definition) is 3. The van der Waals surface area contributed by atoms with Crippen molar-refractivity contribution in [1.29, 1.82) is 0 Å². The van der Waals surface area contributed by atoms with Gasteiger partial charge in [-0.3, -0.25) is 4.90 Å². The van der Waals surface area contributed by atoms with Crippen molar-refractivity contribution in [3.8, 4) is 0 Å². The zero-order chi connectivity index (χ0) is 13.0. The Morgan fingerprint density at radius 3 is 2.44 bits per heavy atom. The minimum Gasteiger partial charge on any atom is -0.301 e. The average molecular weight is 288 g/mol. The van der Waals surface area contributed by atoms with Gasteiger partial charge in [-0.25, -0.2) is 4.98 Å². The van der Waals surface area contributed by atoms with E-state index in [9.17, 15) is 0 Å². The molecule has 1 aromatic heterocycles. The summed E-state index contributed by atoms with van der Waals surface area (Å²) >= 11 is 12.0. The first-order valence-corrected chi connectivity index (χ1v) is 7.20. The average Bonchev–Trinajstić information content (AvgIpc) is 2.37. The Bertz CT molecular complexity index is 390. The van der Waals surface area contributed by atoms with Gasteiger partial charge in [0.2, 0.25) is 0 Å². The fourth-order valence-electron chi connectivity index (χ4n) is 2.27. The molecule has 0 radical (unpaired) electrons. The van der Waals surface area contributed by atoms with Gasteiger partial charge in [0.05, 0.1) is 10.7 Å². The van der Waals surface area contributed by atoms with Crippen molar-refractivity contribution >= 4 is 23.2 Å². The van der Waals surface area contributed by atoms with Gasteiger partial charge in [0.25, 0.3) is 0 Å². The highest BCUT2D eigenvalue weighted by Gasteiger charge is 2.17. The molecular formula is C13H19Cl2N3.